The lowest BCUT2D eigenvalue weighted by molar-refractivity contribution is 0.414. The molecule has 0 aliphatic heterocycles. The molecule has 1 unspecified atom stereocenters. The number of hydrogen-bond donors (Lipinski definition) is 1. The molecule has 1 aromatic heterocycles. The number of benzene rings is 1. The zero-order valence-electron chi connectivity index (χ0n) is 11.3. The Labute approximate surface area is 122 Å². The number of nitrogen functional groups attached to an aromatic ring is 1. The van der Waals surface area contributed by atoms with Gasteiger partial charge in [0.25, 0.3) is 0 Å². The number of anilines is 1. The molecule has 20 heavy (non-hydrogen) atoms. The van der Waals surface area contributed by atoms with Gasteiger partial charge in [0.1, 0.15) is 17.6 Å². The van der Waals surface area contributed by atoms with Gasteiger partial charge >= 0.3 is 0 Å². The lowest BCUT2D eigenvalue weighted by Gasteiger charge is -2.17. The fourth-order valence-corrected chi connectivity index (χ4v) is 2.86. The molecular weight excluding hydrogens is 270 g/mol. The van der Waals surface area contributed by atoms with E-state index < -0.39 is 0 Å². The molecule has 4 nitrogen and oxygen atoms in total. The fraction of sp³-hybridized carbons (Fsp3) is 0.200. The number of rotatable bonds is 4. The van der Waals surface area contributed by atoms with Gasteiger partial charge in [-0.25, -0.2) is 4.98 Å². The van der Waals surface area contributed by atoms with Gasteiger partial charge in [0.2, 0.25) is 0 Å². The molecule has 0 radical (unpaired) electrons. The highest BCUT2D eigenvalue weighted by Crippen LogP contribution is 2.37. The normalized spacial score (nSPS) is 11.7. The lowest BCUT2D eigenvalue weighted by Crippen LogP contribution is -2.04. The summed E-state index contributed by atoms with van der Waals surface area (Å²) in [4.78, 5) is 4.10. The van der Waals surface area contributed by atoms with Crippen LogP contribution in [0.5, 0.6) is 5.75 Å². The number of nitrogens with zero attached hydrogens (tertiary/aromatic N) is 2. The molecule has 0 saturated heterocycles. The van der Waals surface area contributed by atoms with Crippen LogP contribution < -0.4 is 10.5 Å². The summed E-state index contributed by atoms with van der Waals surface area (Å²) in [5.41, 5.74) is 8.43. The second-order valence-electron chi connectivity index (χ2n) is 4.20. The second-order valence-corrected chi connectivity index (χ2v) is 5.14. The van der Waals surface area contributed by atoms with Gasteiger partial charge in [-0.1, -0.05) is 12.1 Å². The van der Waals surface area contributed by atoms with Gasteiger partial charge in [0, 0.05) is 11.8 Å². The summed E-state index contributed by atoms with van der Waals surface area (Å²) in [6.07, 6.45) is 3.50. The molecule has 1 aromatic carbocycles. The molecule has 5 heteroatoms. The predicted octanol–water partition coefficient (Wildman–Crippen LogP) is 3.00. The summed E-state index contributed by atoms with van der Waals surface area (Å²) in [5.74, 6) is 1.27. The fourth-order valence-electron chi connectivity index (χ4n) is 1.98. The van der Waals surface area contributed by atoms with Crippen molar-refractivity contribution in [1.82, 2.24) is 4.98 Å². The maximum atomic E-state index is 8.99. The number of pyridine rings is 1. The molecule has 0 aliphatic rings. The third kappa shape index (κ3) is 2.86. The first kappa shape index (κ1) is 14.2. The number of methoxy groups -OCH3 is 1. The molecular formula is C15H15N3OS. The lowest BCUT2D eigenvalue weighted by atomic mass is 10.0. The van der Waals surface area contributed by atoms with E-state index in [1.165, 1.54) is 6.20 Å². The van der Waals surface area contributed by atoms with Crippen molar-refractivity contribution in [3.05, 3.63) is 53.2 Å². The molecule has 2 aromatic rings. The highest BCUT2D eigenvalue weighted by Gasteiger charge is 2.17. The molecule has 0 amide bonds. The van der Waals surface area contributed by atoms with E-state index in [1.807, 2.05) is 30.5 Å². The summed E-state index contributed by atoms with van der Waals surface area (Å²) in [6.45, 7) is 0. The van der Waals surface area contributed by atoms with Crippen molar-refractivity contribution in [3.63, 3.8) is 0 Å². The molecule has 1 atom stereocenters. The van der Waals surface area contributed by atoms with Crippen LogP contribution in [0.25, 0.3) is 0 Å². The zero-order valence-corrected chi connectivity index (χ0v) is 12.1. The van der Waals surface area contributed by atoms with Crippen molar-refractivity contribution in [3.8, 4) is 11.8 Å². The minimum absolute atomic E-state index is 0.0432. The van der Waals surface area contributed by atoms with Crippen LogP contribution in [0.3, 0.4) is 0 Å². The molecule has 0 spiro atoms. The smallest absolute Gasteiger partial charge is 0.128 e. The molecule has 1 heterocycles. The quantitative estimate of drug-likeness (QED) is 0.935. The Kier molecular flexibility index (Phi) is 4.49. The Morgan fingerprint density at radius 2 is 2.05 bits per heavy atom. The molecule has 0 saturated carbocycles. The SMILES string of the molecule is COc1ccc(C(SC)c2cc(C#N)cnc2N)cc1. The number of ether oxygens (including phenoxy) is 1. The van der Waals surface area contributed by atoms with Crippen molar-refractivity contribution in [2.24, 2.45) is 0 Å². The summed E-state index contributed by atoms with van der Waals surface area (Å²) in [6, 6.07) is 11.7. The summed E-state index contributed by atoms with van der Waals surface area (Å²) in [7, 11) is 1.64. The molecule has 2 N–H and O–H groups in total. The van der Waals surface area contributed by atoms with Crippen LogP contribution in [0.1, 0.15) is 21.9 Å². The average Bonchev–Trinajstić information content (AvgIpc) is 2.50. The Morgan fingerprint density at radius 3 is 2.60 bits per heavy atom. The van der Waals surface area contributed by atoms with Gasteiger partial charge in [0.15, 0.2) is 0 Å². The summed E-state index contributed by atoms with van der Waals surface area (Å²) in [5, 5.41) is 9.04. The van der Waals surface area contributed by atoms with Gasteiger partial charge in [-0.3, -0.25) is 0 Å². The van der Waals surface area contributed by atoms with Crippen LogP contribution in [-0.4, -0.2) is 18.3 Å². The summed E-state index contributed by atoms with van der Waals surface area (Å²) < 4.78 is 5.16. The zero-order chi connectivity index (χ0) is 14.5. The van der Waals surface area contributed by atoms with E-state index in [2.05, 4.69) is 11.1 Å². The van der Waals surface area contributed by atoms with Gasteiger partial charge in [-0.2, -0.15) is 17.0 Å². The van der Waals surface area contributed by atoms with E-state index in [9.17, 15) is 0 Å². The van der Waals surface area contributed by atoms with Crippen LogP contribution in [0, 0.1) is 11.3 Å². The van der Waals surface area contributed by atoms with Gasteiger partial charge in [-0.05, 0) is 30.0 Å². The van der Waals surface area contributed by atoms with Crippen LogP contribution in [0.4, 0.5) is 5.82 Å². The van der Waals surface area contributed by atoms with E-state index in [4.69, 9.17) is 15.7 Å². The van der Waals surface area contributed by atoms with Crippen molar-refractivity contribution >= 4 is 17.6 Å². The minimum atomic E-state index is 0.0432. The largest absolute Gasteiger partial charge is 0.497 e. The summed E-state index contributed by atoms with van der Waals surface area (Å²) >= 11 is 1.65. The maximum absolute atomic E-state index is 8.99. The standard InChI is InChI=1S/C15H15N3OS/c1-19-12-5-3-11(4-6-12)14(20-2)13-7-10(8-16)9-18-15(13)17/h3-7,9,14H,1-2H3,(H2,17,18). The topological polar surface area (TPSA) is 71.9 Å². The molecule has 0 aliphatic carbocycles. The second kappa shape index (κ2) is 6.31. The molecule has 102 valence electrons. The number of nitrogens with two attached hydrogens (primary N) is 1. The molecule has 0 bridgehead atoms. The number of aromatic nitrogens is 1. The number of thioether (sulfide) groups is 1. The predicted molar refractivity (Wildman–Crippen MR) is 81.7 cm³/mol. The van der Waals surface area contributed by atoms with Crippen molar-refractivity contribution in [2.45, 2.75) is 5.25 Å². The van der Waals surface area contributed by atoms with E-state index in [0.717, 1.165) is 16.9 Å². The van der Waals surface area contributed by atoms with Crippen LogP contribution >= 0.6 is 11.8 Å². The van der Waals surface area contributed by atoms with E-state index in [-0.39, 0.29) is 5.25 Å². The molecule has 2 rings (SSSR count). The maximum Gasteiger partial charge on any atom is 0.128 e. The third-order valence-electron chi connectivity index (χ3n) is 3.02. The van der Waals surface area contributed by atoms with E-state index in [1.54, 1.807) is 24.9 Å². The van der Waals surface area contributed by atoms with Crippen LogP contribution in [0.15, 0.2) is 36.5 Å². The monoisotopic (exact) mass is 285 g/mol. The Morgan fingerprint density at radius 1 is 1.35 bits per heavy atom. The van der Waals surface area contributed by atoms with Crippen molar-refractivity contribution in [2.75, 3.05) is 19.1 Å². The van der Waals surface area contributed by atoms with Crippen LogP contribution in [0.2, 0.25) is 0 Å². The number of hydrogen-bond acceptors (Lipinski definition) is 5. The third-order valence-corrected chi connectivity index (χ3v) is 4.01. The highest BCUT2D eigenvalue weighted by atomic mass is 32.2. The Bertz CT molecular complexity index is 635. The van der Waals surface area contributed by atoms with Crippen LogP contribution in [-0.2, 0) is 0 Å². The first-order valence-corrected chi connectivity index (χ1v) is 7.30. The first-order valence-electron chi connectivity index (χ1n) is 6.02. The van der Waals surface area contributed by atoms with Gasteiger partial charge < -0.3 is 10.5 Å². The van der Waals surface area contributed by atoms with E-state index >= 15 is 0 Å². The Hall–Kier alpha value is -2.19. The van der Waals surface area contributed by atoms with Gasteiger partial charge in [0.05, 0.1) is 17.9 Å². The van der Waals surface area contributed by atoms with Gasteiger partial charge in [-0.15, -0.1) is 0 Å². The number of nitriles is 1. The van der Waals surface area contributed by atoms with E-state index in [0.29, 0.717) is 11.4 Å². The molecule has 0 fully saturated rings. The Balaban J connectivity index is 2.43. The first-order chi connectivity index (χ1) is 9.69. The van der Waals surface area contributed by atoms with Crippen molar-refractivity contribution < 1.29 is 4.74 Å². The highest BCUT2D eigenvalue weighted by molar-refractivity contribution is 7.99. The minimum Gasteiger partial charge on any atom is -0.497 e. The van der Waals surface area contributed by atoms with Crippen molar-refractivity contribution in [1.29, 1.82) is 5.26 Å². The average molecular weight is 285 g/mol.